The van der Waals surface area contributed by atoms with Gasteiger partial charge in [-0.1, -0.05) is 146 Å². The summed E-state index contributed by atoms with van der Waals surface area (Å²) < 4.78 is 0. The SMILES string of the molecule is C1=CC(N(c2ccccc2)c2cccc3ccccc23)CC=C1C1=CCC(N(c2ccccc2)c2cccc3ccccc23)C=C1. The van der Waals surface area contributed by atoms with Crippen molar-refractivity contribution in [2.75, 3.05) is 9.80 Å². The first-order valence-corrected chi connectivity index (χ1v) is 16.2. The molecule has 2 nitrogen and oxygen atoms in total. The molecule has 8 rings (SSSR count). The second-order valence-corrected chi connectivity index (χ2v) is 12.1. The van der Waals surface area contributed by atoms with E-state index in [0.29, 0.717) is 0 Å². The summed E-state index contributed by atoms with van der Waals surface area (Å²) in [5.74, 6) is 0. The first-order valence-electron chi connectivity index (χ1n) is 16.2. The topological polar surface area (TPSA) is 6.48 Å². The van der Waals surface area contributed by atoms with Crippen LogP contribution in [0, 0.1) is 0 Å². The lowest BCUT2D eigenvalue weighted by atomic mass is 9.90. The van der Waals surface area contributed by atoms with E-state index in [-0.39, 0.29) is 12.1 Å². The van der Waals surface area contributed by atoms with Crippen LogP contribution >= 0.6 is 0 Å². The zero-order chi connectivity index (χ0) is 30.7. The molecule has 2 aliphatic rings. The van der Waals surface area contributed by atoms with E-state index >= 15 is 0 Å². The summed E-state index contributed by atoms with van der Waals surface area (Å²) in [5.41, 5.74) is 7.50. The van der Waals surface area contributed by atoms with Crippen molar-refractivity contribution in [1.29, 1.82) is 0 Å². The zero-order valence-corrected chi connectivity index (χ0v) is 25.8. The van der Waals surface area contributed by atoms with E-state index in [9.17, 15) is 0 Å². The van der Waals surface area contributed by atoms with Crippen LogP contribution in [-0.2, 0) is 0 Å². The predicted octanol–water partition coefficient (Wildman–Crippen LogP) is 11.5. The molecule has 2 atom stereocenters. The zero-order valence-electron chi connectivity index (χ0n) is 25.8. The number of anilines is 4. The summed E-state index contributed by atoms with van der Waals surface area (Å²) >= 11 is 0. The standard InChI is InChI=1S/C44H36N2/c1-3-17-37(18-4-1)45(43-23-11-15-35-13-7-9-21-41(35)43)39-29-25-33(26-30-39)34-27-31-40(32-28-34)46(38-19-5-2-6-20-38)44-24-12-16-36-14-8-10-22-42(36)44/h1-29,31,39-40H,30,32H2. The maximum Gasteiger partial charge on any atom is 0.0560 e. The molecule has 222 valence electrons. The summed E-state index contributed by atoms with van der Waals surface area (Å²) in [5, 5.41) is 5.07. The van der Waals surface area contributed by atoms with E-state index in [1.165, 1.54) is 55.4 Å². The van der Waals surface area contributed by atoms with Crippen LogP contribution in [0.2, 0.25) is 0 Å². The van der Waals surface area contributed by atoms with Crippen molar-refractivity contribution in [2.24, 2.45) is 0 Å². The van der Waals surface area contributed by atoms with Gasteiger partial charge in [-0.2, -0.15) is 0 Å². The molecule has 0 saturated carbocycles. The first-order chi connectivity index (χ1) is 22.8. The van der Waals surface area contributed by atoms with Crippen molar-refractivity contribution < 1.29 is 0 Å². The van der Waals surface area contributed by atoms with Crippen molar-refractivity contribution in [3.05, 3.63) is 193 Å². The number of hydrogen-bond acceptors (Lipinski definition) is 2. The number of nitrogens with zero attached hydrogens (tertiary/aromatic N) is 2. The van der Waals surface area contributed by atoms with Crippen molar-refractivity contribution >= 4 is 44.3 Å². The molecule has 6 aromatic rings. The monoisotopic (exact) mass is 592 g/mol. The molecule has 2 heteroatoms. The van der Waals surface area contributed by atoms with E-state index in [1.807, 2.05) is 0 Å². The number of rotatable bonds is 7. The molecule has 2 unspecified atom stereocenters. The van der Waals surface area contributed by atoms with Gasteiger partial charge >= 0.3 is 0 Å². The van der Waals surface area contributed by atoms with Gasteiger partial charge in [-0.15, -0.1) is 0 Å². The van der Waals surface area contributed by atoms with E-state index in [1.54, 1.807) is 0 Å². The fraction of sp³-hybridized carbons (Fsp3) is 0.0909. The molecule has 0 radical (unpaired) electrons. The Morgan fingerprint density at radius 1 is 0.391 bits per heavy atom. The molecule has 2 aliphatic carbocycles. The van der Waals surface area contributed by atoms with E-state index < -0.39 is 0 Å². The number of benzene rings is 6. The summed E-state index contributed by atoms with van der Waals surface area (Å²) in [4.78, 5) is 4.99. The Morgan fingerprint density at radius 3 is 1.20 bits per heavy atom. The minimum Gasteiger partial charge on any atom is -0.334 e. The van der Waals surface area contributed by atoms with E-state index in [0.717, 1.165) is 12.8 Å². The minimum absolute atomic E-state index is 0.220. The Labute approximate surface area is 271 Å². The average Bonchev–Trinajstić information content (AvgIpc) is 3.14. The highest BCUT2D eigenvalue weighted by Gasteiger charge is 2.25. The molecular weight excluding hydrogens is 556 g/mol. The van der Waals surface area contributed by atoms with Gasteiger partial charge in [-0.3, -0.25) is 0 Å². The summed E-state index contributed by atoms with van der Waals surface area (Å²) in [6.07, 6.45) is 16.1. The van der Waals surface area contributed by atoms with Crippen LogP contribution in [0.3, 0.4) is 0 Å². The van der Waals surface area contributed by atoms with Crippen LogP contribution in [0.4, 0.5) is 22.7 Å². The fourth-order valence-electron chi connectivity index (χ4n) is 7.06. The summed E-state index contributed by atoms with van der Waals surface area (Å²) in [6, 6.07) is 52.6. The number of hydrogen-bond donors (Lipinski definition) is 0. The lowest BCUT2D eigenvalue weighted by Gasteiger charge is -2.35. The highest BCUT2D eigenvalue weighted by Crippen LogP contribution is 2.39. The third-order valence-corrected chi connectivity index (χ3v) is 9.27. The number of allylic oxidation sites excluding steroid dienone is 4. The molecule has 0 spiro atoms. The largest absolute Gasteiger partial charge is 0.334 e. The molecule has 6 aromatic carbocycles. The Hall–Kier alpha value is -5.60. The quantitative estimate of drug-likeness (QED) is 0.182. The first kappa shape index (κ1) is 27.9. The van der Waals surface area contributed by atoms with Gasteiger partial charge < -0.3 is 9.80 Å². The molecule has 0 aliphatic heterocycles. The smallest absolute Gasteiger partial charge is 0.0560 e. The number of para-hydroxylation sites is 2. The van der Waals surface area contributed by atoms with Crippen LogP contribution in [0.25, 0.3) is 21.5 Å². The Balaban J connectivity index is 1.07. The van der Waals surface area contributed by atoms with Gasteiger partial charge in [0.15, 0.2) is 0 Å². The van der Waals surface area contributed by atoms with E-state index in [2.05, 4.69) is 192 Å². The van der Waals surface area contributed by atoms with Gasteiger partial charge in [0.25, 0.3) is 0 Å². The average molecular weight is 593 g/mol. The second-order valence-electron chi connectivity index (χ2n) is 12.1. The van der Waals surface area contributed by atoms with Crippen LogP contribution in [0.5, 0.6) is 0 Å². The predicted molar refractivity (Wildman–Crippen MR) is 196 cm³/mol. The van der Waals surface area contributed by atoms with Crippen LogP contribution in [-0.4, -0.2) is 12.1 Å². The molecule has 0 bridgehead atoms. The highest BCUT2D eigenvalue weighted by molar-refractivity contribution is 5.97. The van der Waals surface area contributed by atoms with Crippen molar-refractivity contribution in [2.45, 2.75) is 24.9 Å². The molecule has 0 heterocycles. The van der Waals surface area contributed by atoms with Crippen LogP contribution in [0.1, 0.15) is 12.8 Å². The lowest BCUT2D eigenvalue weighted by Crippen LogP contribution is -2.31. The van der Waals surface area contributed by atoms with Crippen LogP contribution < -0.4 is 9.80 Å². The van der Waals surface area contributed by atoms with Gasteiger partial charge in [0, 0.05) is 33.5 Å². The van der Waals surface area contributed by atoms with Crippen molar-refractivity contribution in [1.82, 2.24) is 0 Å². The molecule has 0 N–H and O–H groups in total. The van der Waals surface area contributed by atoms with Crippen molar-refractivity contribution in [3.8, 4) is 0 Å². The molecule has 46 heavy (non-hydrogen) atoms. The lowest BCUT2D eigenvalue weighted by molar-refractivity contribution is 0.774. The summed E-state index contributed by atoms with van der Waals surface area (Å²) in [7, 11) is 0. The summed E-state index contributed by atoms with van der Waals surface area (Å²) in [6.45, 7) is 0. The highest BCUT2D eigenvalue weighted by atomic mass is 15.2. The van der Waals surface area contributed by atoms with Crippen LogP contribution in [0.15, 0.2) is 193 Å². The third-order valence-electron chi connectivity index (χ3n) is 9.27. The van der Waals surface area contributed by atoms with Gasteiger partial charge in [0.05, 0.1) is 12.1 Å². The Kier molecular flexibility index (Phi) is 7.54. The Morgan fingerprint density at radius 2 is 0.783 bits per heavy atom. The van der Waals surface area contributed by atoms with E-state index in [4.69, 9.17) is 0 Å². The van der Waals surface area contributed by atoms with Gasteiger partial charge in [-0.25, -0.2) is 0 Å². The molecule has 0 fully saturated rings. The fourth-order valence-corrected chi connectivity index (χ4v) is 7.06. The molecule has 0 saturated heterocycles. The van der Waals surface area contributed by atoms with Crippen molar-refractivity contribution in [3.63, 3.8) is 0 Å². The normalized spacial score (nSPS) is 17.5. The number of fused-ring (bicyclic) bond motifs is 2. The van der Waals surface area contributed by atoms with Gasteiger partial charge in [-0.05, 0) is 71.2 Å². The molecular formula is C44H36N2. The Bertz CT molecular complexity index is 1960. The maximum atomic E-state index is 2.50. The molecule has 0 amide bonds. The third kappa shape index (κ3) is 5.33. The second kappa shape index (κ2) is 12.4. The molecule has 0 aromatic heterocycles. The minimum atomic E-state index is 0.220. The maximum absolute atomic E-state index is 2.50. The van der Waals surface area contributed by atoms with Gasteiger partial charge in [0.1, 0.15) is 0 Å². The van der Waals surface area contributed by atoms with Gasteiger partial charge in [0.2, 0.25) is 0 Å².